The molecule has 0 unspecified atom stereocenters. The lowest BCUT2D eigenvalue weighted by atomic mass is 10.2. The predicted octanol–water partition coefficient (Wildman–Crippen LogP) is 2.88. The van der Waals surface area contributed by atoms with Gasteiger partial charge in [0.1, 0.15) is 16.4 Å². The third-order valence-corrected chi connectivity index (χ3v) is 6.22. The highest BCUT2D eigenvalue weighted by molar-refractivity contribution is 7.98. The summed E-state index contributed by atoms with van der Waals surface area (Å²) >= 11 is 2.94. The number of thiophene rings is 1. The van der Waals surface area contributed by atoms with Crippen LogP contribution in [0.3, 0.4) is 0 Å². The van der Waals surface area contributed by atoms with E-state index >= 15 is 0 Å². The molecule has 8 nitrogen and oxygen atoms in total. The van der Waals surface area contributed by atoms with E-state index in [0.29, 0.717) is 22.1 Å². The van der Waals surface area contributed by atoms with Gasteiger partial charge in [0.25, 0.3) is 5.56 Å². The molecule has 3 heterocycles. The zero-order valence-corrected chi connectivity index (χ0v) is 16.5. The van der Waals surface area contributed by atoms with E-state index < -0.39 is 0 Å². The Hall–Kier alpha value is -2.72. The number of thioether (sulfide) groups is 1. The molecule has 1 N–H and O–H groups in total. The Morgan fingerprint density at radius 3 is 2.78 bits per heavy atom. The van der Waals surface area contributed by atoms with E-state index in [2.05, 4.69) is 25.5 Å². The van der Waals surface area contributed by atoms with Crippen LogP contribution < -0.4 is 10.3 Å². The van der Waals surface area contributed by atoms with Crippen LogP contribution >= 0.6 is 23.1 Å². The molecule has 0 amide bonds. The molecule has 0 bridgehead atoms. The highest BCUT2D eigenvalue weighted by atomic mass is 32.2. The SMILES string of the molecule is COc1ccc(-n2nnnc2SCc2nc3sc(C)c(C)c3c(=O)[nH]2)cc1. The summed E-state index contributed by atoms with van der Waals surface area (Å²) in [7, 11) is 1.62. The van der Waals surface area contributed by atoms with E-state index in [0.717, 1.165) is 26.7 Å². The molecule has 1 aromatic carbocycles. The minimum atomic E-state index is -0.104. The monoisotopic (exact) mass is 400 g/mol. The Bertz CT molecular complexity index is 1160. The molecule has 3 aromatic heterocycles. The normalized spacial score (nSPS) is 11.2. The maximum Gasteiger partial charge on any atom is 0.259 e. The van der Waals surface area contributed by atoms with Crippen LogP contribution in [-0.4, -0.2) is 37.3 Å². The van der Waals surface area contributed by atoms with Crippen LogP contribution in [0.2, 0.25) is 0 Å². The first-order valence-corrected chi connectivity index (χ1v) is 9.91. The van der Waals surface area contributed by atoms with Crippen LogP contribution in [0.4, 0.5) is 0 Å². The summed E-state index contributed by atoms with van der Waals surface area (Å²) in [4.78, 5) is 21.7. The molecule has 4 aromatic rings. The first-order chi connectivity index (χ1) is 13.1. The number of nitrogens with one attached hydrogen (secondary N) is 1. The smallest absolute Gasteiger partial charge is 0.259 e. The van der Waals surface area contributed by atoms with Crippen molar-refractivity contribution >= 4 is 33.3 Å². The van der Waals surface area contributed by atoms with Gasteiger partial charge in [0.15, 0.2) is 0 Å². The van der Waals surface area contributed by atoms with Crippen molar-refractivity contribution in [2.45, 2.75) is 24.8 Å². The summed E-state index contributed by atoms with van der Waals surface area (Å²) in [5, 5.41) is 13.2. The predicted molar refractivity (Wildman–Crippen MR) is 105 cm³/mol. The Balaban J connectivity index is 1.58. The molecule has 4 rings (SSSR count). The number of H-pyrrole nitrogens is 1. The summed E-state index contributed by atoms with van der Waals surface area (Å²) in [5.74, 6) is 1.82. The van der Waals surface area contributed by atoms with Crippen molar-refractivity contribution in [2.75, 3.05) is 7.11 Å². The first kappa shape index (κ1) is 17.7. The topological polar surface area (TPSA) is 98.6 Å². The number of rotatable bonds is 5. The Labute approximate surface area is 162 Å². The number of nitrogens with zero attached hydrogens (tertiary/aromatic N) is 5. The maximum absolute atomic E-state index is 12.4. The third kappa shape index (κ3) is 3.33. The van der Waals surface area contributed by atoms with Gasteiger partial charge in [0.2, 0.25) is 5.16 Å². The molecule has 27 heavy (non-hydrogen) atoms. The maximum atomic E-state index is 12.4. The molecule has 0 radical (unpaired) electrons. The lowest BCUT2D eigenvalue weighted by Crippen LogP contribution is -2.11. The molecular formula is C17H16N6O2S2. The number of fused-ring (bicyclic) bond motifs is 1. The standard InChI is InChI=1S/C17H16N6O2S2/c1-9-10(2)27-16-14(9)15(24)18-13(19-16)8-26-17-20-21-22-23(17)11-4-6-12(25-3)7-5-11/h4-7H,8H2,1-3H3,(H,18,19,24). The number of methoxy groups -OCH3 is 1. The van der Waals surface area contributed by atoms with E-state index in [1.807, 2.05) is 38.1 Å². The van der Waals surface area contributed by atoms with Crippen LogP contribution in [0.25, 0.3) is 15.9 Å². The summed E-state index contributed by atoms with van der Waals surface area (Å²) in [6, 6.07) is 7.45. The van der Waals surface area contributed by atoms with E-state index in [9.17, 15) is 4.79 Å². The molecule has 0 aliphatic rings. The average molecular weight is 400 g/mol. The van der Waals surface area contributed by atoms with E-state index in [-0.39, 0.29) is 5.56 Å². The van der Waals surface area contributed by atoms with Crippen molar-refractivity contribution in [1.29, 1.82) is 0 Å². The number of tetrazole rings is 1. The molecule has 0 aliphatic carbocycles. The number of aromatic amines is 1. The van der Waals surface area contributed by atoms with Gasteiger partial charge < -0.3 is 9.72 Å². The van der Waals surface area contributed by atoms with Crippen molar-refractivity contribution in [3.8, 4) is 11.4 Å². The van der Waals surface area contributed by atoms with Gasteiger partial charge >= 0.3 is 0 Å². The van der Waals surface area contributed by atoms with Crippen LogP contribution in [0.1, 0.15) is 16.3 Å². The van der Waals surface area contributed by atoms with Crippen LogP contribution in [0, 0.1) is 13.8 Å². The fourth-order valence-corrected chi connectivity index (χ4v) is 4.46. The highest BCUT2D eigenvalue weighted by Crippen LogP contribution is 2.27. The van der Waals surface area contributed by atoms with Gasteiger partial charge in [-0.05, 0) is 54.1 Å². The molecular weight excluding hydrogens is 384 g/mol. The molecule has 0 saturated heterocycles. The first-order valence-electron chi connectivity index (χ1n) is 8.11. The largest absolute Gasteiger partial charge is 0.497 e. The van der Waals surface area contributed by atoms with Crippen molar-refractivity contribution < 1.29 is 4.74 Å². The van der Waals surface area contributed by atoms with Gasteiger partial charge in [0, 0.05) is 4.88 Å². The van der Waals surface area contributed by atoms with E-state index in [1.165, 1.54) is 23.1 Å². The lowest BCUT2D eigenvalue weighted by Gasteiger charge is -2.05. The summed E-state index contributed by atoms with van der Waals surface area (Å²) in [6.45, 7) is 3.95. The minimum Gasteiger partial charge on any atom is -0.497 e. The van der Waals surface area contributed by atoms with Crippen molar-refractivity contribution in [2.24, 2.45) is 0 Å². The van der Waals surface area contributed by atoms with Gasteiger partial charge in [-0.25, -0.2) is 4.98 Å². The summed E-state index contributed by atoms with van der Waals surface area (Å²) < 4.78 is 6.81. The lowest BCUT2D eigenvalue weighted by molar-refractivity contribution is 0.414. The quantitative estimate of drug-likeness (QED) is 0.514. The van der Waals surface area contributed by atoms with E-state index in [1.54, 1.807) is 11.8 Å². The second-order valence-corrected chi connectivity index (χ2v) is 7.98. The van der Waals surface area contributed by atoms with Gasteiger partial charge in [-0.3, -0.25) is 4.79 Å². The van der Waals surface area contributed by atoms with Crippen molar-refractivity contribution in [3.63, 3.8) is 0 Å². The molecule has 0 aliphatic heterocycles. The average Bonchev–Trinajstić information content (AvgIpc) is 3.25. The second-order valence-electron chi connectivity index (χ2n) is 5.84. The number of aromatic nitrogens is 6. The van der Waals surface area contributed by atoms with Gasteiger partial charge in [-0.15, -0.1) is 16.4 Å². The number of aryl methyl sites for hydroxylation is 2. The number of hydrogen-bond acceptors (Lipinski definition) is 8. The Morgan fingerprint density at radius 1 is 1.26 bits per heavy atom. The molecule has 0 spiro atoms. The minimum absolute atomic E-state index is 0.104. The van der Waals surface area contributed by atoms with Crippen molar-refractivity contribution in [3.05, 3.63) is 50.9 Å². The Morgan fingerprint density at radius 2 is 2.04 bits per heavy atom. The Kier molecular flexibility index (Phi) is 4.66. The zero-order chi connectivity index (χ0) is 19.0. The fraction of sp³-hybridized carbons (Fsp3) is 0.235. The summed E-state index contributed by atoms with van der Waals surface area (Å²) in [5.41, 5.74) is 1.71. The van der Waals surface area contributed by atoms with Crippen LogP contribution in [0.5, 0.6) is 5.75 Å². The second kappa shape index (κ2) is 7.12. The number of hydrogen-bond donors (Lipinski definition) is 1. The number of ether oxygens (including phenoxy) is 1. The van der Waals surface area contributed by atoms with Gasteiger partial charge in [-0.1, -0.05) is 11.8 Å². The zero-order valence-electron chi connectivity index (χ0n) is 14.9. The third-order valence-electron chi connectivity index (χ3n) is 4.18. The molecule has 10 heteroatoms. The molecule has 0 atom stereocenters. The van der Waals surface area contributed by atoms with Crippen molar-refractivity contribution in [1.82, 2.24) is 30.2 Å². The molecule has 0 fully saturated rings. The molecule has 0 saturated carbocycles. The van der Waals surface area contributed by atoms with Crippen LogP contribution in [-0.2, 0) is 5.75 Å². The summed E-state index contributed by atoms with van der Waals surface area (Å²) in [6.07, 6.45) is 0. The van der Waals surface area contributed by atoms with Crippen LogP contribution in [0.15, 0.2) is 34.2 Å². The molecule has 138 valence electrons. The fourth-order valence-electron chi connectivity index (χ4n) is 2.65. The van der Waals surface area contributed by atoms with Gasteiger partial charge in [-0.2, -0.15) is 4.68 Å². The number of benzene rings is 1. The van der Waals surface area contributed by atoms with Gasteiger partial charge in [0.05, 0.1) is 23.9 Å². The van der Waals surface area contributed by atoms with E-state index in [4.69, 9.17) is 4.74 Å². The highest BCUT2D eigenvalue weighted by Gasteiger charge is 2.14.